The van der Waals surface area contributed by atoms with Crippen molar-refractivity contribution < 1.29 is 4.52 Å². The van der Waals surface area contributed by atoms with Crippen LogP contribution in [0.5, 0.6) is 0 Å². The Morgan fingerprint density at radius 1 is 1.33 bits per heavy atom. The summed E-state index contributed by atoms with van der Waals surface area (Å²) >= 11 is 3.34. The third kappa shape index (κ3) is 2.29. The van der Waals surface area contributed by atoms with E-state index in [-0.39, 0.29) is 5.92 Å². The molecule has 0 aliphatic heterocycles. The van der Waals surface area contributed by atoms with Crippen molar-refractivity contribution in [2.45, 2.75) is 18.2 Å². The Balaban J connectivity index is 2.24. The Kier molecular flexibility index (Phi) is 3.21. The summed E-state index contributed by atoms with van der Waals surface area (Å²) in [4.78, 5) is 0. The highest BCUT2D eigenvalue weighted by atomic mass is 79.9. The van der Waals surface area contributed by atoms with Crippen molar-refractivity contribution in [1.82, 2.24) is 5.16 Å². The second-order valence-corrected chi connectivity index (χ2v) is 4.04. The second-order valence-electron chi connectivity index (χ2n) is 3.48. The minimum Gasteiger partial charge on any atom is -0.360 e. The zero-order valence-corrected chi connectivity index (χ0v) is 10.1. The summed E-state index contributed by atoms with van der Waals surface area (Å²) in [6.07, 6.45) is 0. The molecule has 0 bridgehead atoms. The zero-order valence-electron chi connectivity index (χ0n) is 8.48. The molecular weight excluding hydrogens is 254 g/mol. The lowest BCUT2D eigenvalue weighted by atomic mass is 9.98. The monoisotopic (exact) mass is 265 g/mol. The predicted octanol–water partition coefficient (Wildman–Crippen LogP) is 3.72. The molecule has 0 amide bonds. The lowest BCUT2D eigenvalue weighted by Crippen LogP contribution is -1.95. The predicted molar refractivity (Wildman–Crippen MR) is 63.1 cm³/mol. The van der Waals surface area contributed by atoms with E-state index in [2.05, 4.69) is 40.1 Å². The average Bonchev–Trinajstić information content (AvgIpc) is 2.78. The average molecular weight is 266 g/mol. The fraction of sp³-hybridized carbons (Fsp3) is 0.250. The van der Waals surface area contributed by atoms with E-state index in [1.165, 1.54) is 5.56 Å². The van der Waals surface area contributed by atoms with Gasteiger partial charge in [0.15, 0.2) is 0 Å². The molecule has 1 aromatic heterocycles. The van der Waals surface area contributed by atoms with Crippen molar-refractivity contribution in [2.24, 2.45) is 0 Å². The normalized spacial score (nSPS) is 12.7. The summed E-state index contributed by atoms with van der Waals surface area (Å²) in [5.41, 5.74) is 2.24. The van der Waals surface area contributed by atoms with Crippen LogP contribution in [0.25, 0.3) is 0 Å². The topological polar surface area (TPSA) is 26.0 Å². The lowest BCUT2D eigenvalue weighted by molar-refractivity contribution is 0.387. The summed E-state index contributed by atoms with van der Waals surface area (Å²) < 4.78 is 5.16. The molecular formula is C12H12BrNO. The summed E-state index contributed by atoms with van der Waals surface area (Å²) in [5.74, 6) is 1.15. The Hall–Kier alpha value is -1.09. The molecule has 2 nitrogen and oxygen atoms in total. The maximum atomic E-state index is 5.16. The quantitative estimate of drug-likeness (QED) is 0.791. The summed E-state index contributed by atoms with van der Waals surface area (Å²) in [5, 5.41) is 4.77. The molecule has 3 heteroatoms. The summed E-state index contributed by atoms with van der Waals surface area (Å²) in [7, 11) is 0. The third-order valence-corrected chi connectivity index (χ3v) is 3.00. The number of hydrogen-bond acceptors (Lipinski definition) is 2. The summed E-state index contributed by atoms with van der Waals surface area (Å²) in [6.45, 7) is 2.13. The van der Waals surface area contributed by atoms with Gasteiger partial charge in [-0.2, -0.15) is 0 Å². The van der Waals surface area contributed by atoms with Gasteiger partial charge in [-0.25, -0.2) is 0 Å². The van der Waals surface area contributed by atoms with E-state index in [0.717, 1.165) is 11.5 Å². The number of halogens is 1. The molecule has 2 rings (SSSR count). The number of hydrogen-bond donors (Lipinski definition) is 0. The molecule has 0 saturated heterocycles. The lowest BCUT2D eigenvalue weighted by Gasteiger charge is -2.06. The number of aromatic nitrogens is 1. The largest absolute Gasteiger partial charge is 0.360 e. The molecule has 0 N–H and O–H groups in total. The molecule has 1 aromatic carbocycles. The van der Waals surface area contributed by atoms with Crippen molar-refractivity contribution in [2.75, 3.05) is 0 Å². The van der Waals surface area contributed by atoms with E-state index < -0.39 is 0 Å². The molecule has 2 aromatic rings. The van der Waals surface area contributed by atoms with Crippen LogP contribution in [0.1, 0.15) is 29.9 Å². The van der Waals surface area contributed by atoms with Crippen LogP contribution in [-0.4, -0.2) is 5.16 Å². The maximum Gasteiger partial charge on any atom is 0.147 e. The second kappa shape index (κ2) is 4.62. The third-order valence-electron chi connectivity index (χ3n) is 2.45. The van der Waals surface area contributed by atoms with Gasteiger partial charge in [0.25, 0.3) is 0 Å². The van der Waals surface area contributed by atoms with E-state index in [9.17, 15) is 0 Å². The van der Waals surface area contributed by atoms with Crippen molar-refractivity contribution in [3.05, 3.63) is 53.4 Å². The van der Waals surface area contributed by atoms with E-state index >= 15 is 0 Å². The molecule has 1 heterocycles. The number of benzene rings is 1. The van der Waals surface area contributed by atoms with Gasteiger partial charge < -0.3 is 4.52 Å². The highest BCUT2D eigenvalue weighted by Crippen LogP contribution is 2.23. The van der Waals surface area contributed by atoms with Gasteiger partial charge in [-0.1, -0.05) is 58.3 Å². The molecule has 0 aliphatic carbocycles. The first-order valence-corrected chi connectivity index (χ1v) is 6.00. The van der Waals surface area contributed by atoms with Crippen molar-refractivity contribution in [3.8, 4) is 0 Å². The molecule has 0 saturated carbocycles. The number of rotatable bonds is 3. The van der Waals surface area contributed by atoms with Crippen LogP contribution in [-0.2, 0) is 5.33 Å². The molecule has 0 aliphatic rings. The van der Waals surface area contributed by atoms with Crippen molar-refractivity contribution in [1.29, 1.82) is 0 Å². The van der Waals surface area contributed by atoms with Gasteiger partial charge in [0, 0.05) is 12.0 Å². The van der Waals surface area contributed by atoms with Gasteiger partial charge in [0.1, 0.15) is 5.76 Å². The fourth-order valence-electron chi connectivity index (χ4n) is 1.51. The van der Waals surface area contributed by atoms with Gasteiger partial charge in [-0.3, -0.25) is 0 Å². The van der Waals surface area contributed by atoms with Crippen LogP contribution in [0.3, 0.4) is 0 Å². The van der Waals surface area contributed by atoms with E-state index in [0.29, 0.717) is 5.33 Å². The van der Waals surface area contributed by atoms with Gasteiger partial charge in [0.2, 0.25) is 0 Å². The molecule has 78 valence electrons. The van der Waals surface area contributed by atoms with E-state index in [4.69, 9.17) is 4.52 Å². The standard InChI is InChI=1S/C12H12BrNO/c1-9(10-5-3-2-4-6-10)12-7-11(8-13)15-14-12/h2-7,9H,8H2,1H3. The van der Waals surface area contributed by atoms with Gasteiger partial charge >= 0.3 is 0 Å². The van der Waals surface area contributed by atoms with Crippen LogP contribution in [0.2, 0.25) is 0 Å². The van der Waals surface area contributed by atoms with Crippen molar-refractivity contribution >= 4 is 15.9 Å². The minimum atomic E-state index is 0.280. The SMILES string of the molecule is CC(c1ccccc1)c1cc(CBr)on1. The van der Waals surface area contributed by atoms with Crippen LogP contribution in [0.15, 0.2) is 40.9 Å². The zero-order chi connectivity index (χ0) is 10.7. The summed E-state index contributed by atoms with van der Waals surface area (Å²) in [6, 6.07) is 12.3. The highest BCUT2D eigenvalue weighted by molar-refractivity contribution is 9.08. The van der Waals surface area contributed by atoms with Crippen LogP contribution in [0, 0.1) is 0 Å². The molecule has 0 radical (unpaired) electrons. The van der Waals surface area contributed by atoms with Gasteiger partial charge in [-0.05, 0) is 5.56 Å². The fourth-order valence-corrected chi connectivity index (χ4v) is 1.77. The van der Waals surface area contributed by atoms with Crippen LogP contribution >= 0.6 is 15.9 Å². The van der Waals surface area contributed by atoms with Gasteiger partial charge in [0.05, 0.1) is 11.0 Å². The number of alkyl halides is 1. The molecule has 0 fully saturated rings. The maximum absolute atomic E-state index is 5.16. The van der Waals surface area contributed by atoms with Crippen molar-refractivity contribution in [3.63, 3.8) is 0 Å². The minimum absolute atomic E-state index is 0.280. The van der Waals surface area contributed by atoms with E-state index in [1.807, 2.05) is 24.3 Å². The number of nitrogens with zero attached hydrogens (tertiary/aromatic N) is 1. The van der Waals surface area contributed by atoms with Gasteiger partial charge in [-0.15, -0.1) is 0 Å². The first-order valence-electron chi connectivity index (χ1n) is 4.87. The Morgan fingerprint density at radius 2 is 2.07 bits per heavy atom. The Morgan fingerprint density at radius 3 is 2.67 bits per heavy atom. The van der Waals surface area contributed by atoms with E-state index in [1.54, 1.807) is 0 Å². The first kappa shape index (κ1) is 10.4. The molecule has 1 unspecified atom stereocenters. The highest BCUT2D eigenvalue weighted by Gasteiger charge is 2.12. The molecule has 0 spiro atoms. The van der Waals surface area contributed by atoms with Crippen LogP contribution in [0.4, 0.5) is 0 Å². The molecule has 15 heavy (non-hydrogen) atoms. The first-order chi connectivity index (χ1) is 7.31. The molecule has 1 atom stereocenters. The van der Waals surface area contributed by atoms with Crippen LogP contribution < -0.4 is 0 Å². The smallest absolute Gasteiger partial charge is 0.147 e. The Labute approximate surface area is 97.4 Å². The Bertz CT molecular complexity index is 424.